The molecule has 3 heterocycles. The molecule has 4 atom stereocenters. The van der Waals surface area contributed by atoms with Gasteiger partial charge in [0.05, 0.1) is 27.7 Å². The van der Waals surface area contributed by atoms with Crippen LogP contribution in [0, 0.1) is 40.7 Å². The largest absolute Gasteiger partial charge is 0.378 e. The smallest absolute Gasteiger partial charge is 0.293 e. The van der Waals surface area contributed by atoms with E-state index in [9.17, 15) is 32.7 Å². The molecule has 3 aromatic heterocycles. The minimum absolute atomic E-state index is 0.0247. The number of primary amides is 1. The van der Waals surface area contributed by atoms with Gasteiger partial charge in [0.15, 0.2) is 5.82 Å². The van der Waals surface area contributed by atoms with Gasteiger partial charge in [0.1, 0.15) is 46.9 Å². The van der Waals surface area contributed by atoms with Crippen LogP contribution in [0.3, 0.4) is 0 Å². The third-order valence-corrected chi connectivity index (χ3v) is 10.1. The van der Waals surface area contributed by atoms with Crippen molar-refractivity contribution in [1.82, 2.24) is 24.5 Å². The first-order valence-electron chi connectivity index (χ1n) is 17.0. The van der Waals surface area contributed by atoms with Crippen LogP contribution in [0.4, 0.5) is 32.2 Å². The topological polar surface area (TPSA) is 148 Å². The number of nitriles is 1. The predicted octanol–water partition coefficient (Wildman–Crippen LogP) is 7.02. The van der Waals surface area contributed by atoms with Gasteiger partial charge in [-0.05, 0) is 74.4 Å². The zero-order valence-electron chi connectivity index (χ0n) is 29.3. The molecular formula is C38H31ClF6N8O2. The number of pyridine rings is 1. The molecule has 1 unspecified atom stereocenters. The minimum atomic E-state index is -3.66. The Morgan fingerprint density at radius 1 is 1.13 bits per heavy atom. The summed E-state index contributed by atoms with van der Waals surface area (Å²) >= 11 is 6.65. The number of hydrogen-bond acceptors (Lipinski definition) is 7. The summed E-state index contributed by atoms with van der Waals surface area (Å²) in [6.45, 7) is 2.73. The molecular weight excluding hydrogens is 750 g/mol. The number of aliphatic hydroxyl groups is 1. The summed E-state index contributed by atoms with van der Waals surface area (Å²) in [4.78, 5) is 18.5. The second-order valence-corrected chi connectivity index (χ2v) is 14.5. The lowest BCUT2D eigenvalue weighted by Crippen LogP contribution is -2.37. The maximum atomic E-state index is 16.0. The van der Waals surface area contributed by atoms with Crippen LogP contribution in [-0.4, -0.2) is 47.7 Å². The number of aryl methyl sites for hydroxylation is 1. The van der Waals surface area contributed by atoms with Crippen molar-refractivity contribution in [3.63, 3.8) is 0 Å². The molecule has 1 fully saturated rings. The van der Waals surface area contributed by atoms with Gasteiger partial charge in [-0.3, -0.25) is 9.48 Å². The zero-order valence-corrected chi connectivity index (χ0v) is 30.1. The maximum absolute atomic E-state index is 16.0. The lowest BCUT2D eigenvalue weighted by Gasteiger charge is -2.29. The van der Waals surface area contributed by atoms with E-state index in [4.69, 9.17) is 22.3 Å². The Bertz CT molecular complexity index is 2470. The van der Waals surface area contributed by atoms with Gasteiger partial charge in [0, 0.05) is 41.6 Å². The second-order valence-electron chi connectivity index (χ2n) is 14.1. The van der Waals surface area contributed by atoms with E-state index in [1.165, 1.54) is 30.7 Å². The third-order valence-electron chi connectivity index (χ3n) is 9.77. The molecule has 0 bridgehead atoms. The van der Waals surface area contributed by atoms with Crippen LogP contribution in [0.5, 0.6) is 0 Å². The number of anilines is 1. The van der Waals surface area contributed by atoms with Crippen molar-refractivity contribution >= 4 is 34.2 Å². The summed E-state index contributed by atoms with van der Waals surface area (Å²) < 4.78 is 92.5. The van der Waals surface area contributed by atoms with Gasteiger partial charge in [-0.1, -0.05) is 23.6 Å². The number of halogens is 7. The van der Waals surface area contributed by atoms with Crippen molar-refractivity contribution in [2.24, 2.45) is 18.7 Å². The van der Waals surface area contributed by atoms with E-state index in [0.717, 1.165) is 12.1 Å². The van der Waals surface area contributed by atoms with Gasteiger partial charge in [0.2, 0.25) is 5.91 Å². The summed E-state index contributed by atoms with van der Waals surface area (Å²) in [5.41, 5.74) is 3.29. The highest BCUT2D eigenvalue weighted by molar-refractivity contribution is 6.37. The molecule has 0 spiro atoms. The van der Waals surface area contributed by atoms with Crippen molar-refractivity contribution in [2.45, 2.75) is 62.5 Å². The van der Waals surface area contributed by atoms with Gasteiger partial charge in [-0.25, -0.2) is 27.2 Å². The fraction of sp³-hybridized carbons (Fsp3) is 0.342. The lowest BCUT2D eigenvalue weighted by atomic mass is 9.84. The molecule has 0 radical (unpaired) electrons. The van der Waals surface area contributed by atoms with Crippen molar-refractivity contribution in [3.05, 3.63) is 93.0 Å². The van der Waals surface area contributed by atoms with Crippen LogP contribution >= 0.6 is 11.6 Å². The van der Waals surface area contributed by atoms with E-state index < -0.39 is 77.1 Å². The molecule has 5 aromatic rings. The highest BCUT2D eigenvalue weighted by Gasteiger charge is 2.67. The molecule has 0 aliphatic heterocycles. The Morgan fingerprint density at radius 2 is 1.82 bits per heavy atom. The standard InChI is InChI=1S/C38H31ClF6N8O2/c1-37(2,55)9-8-20-4-5-21(22-6-7-26(39)28-31(22)52(3)51-36(28)48-11-10-46)29(49-20)24(14-17-12-18(40)15-19(41)13-17)32(35(47)54)53-33-27(30(50-53)34(42)43)23-16-25(23)38(33,44)45/h4-7,12-13,15,23-25,32,34,55H,11,14,16H2,1-3H3,(H2,47,54)(H,48,51)/t23-,24+,25+,32?/m0/s1. The summed E-state index contributed by atoms with van der Waals surface area (Å²) in [6, 6.07) is 8.74. The molecule has 2 aliphatic rings. The molecule has 0 saturated heterocycles. The Labute approximate surface area is 314 Å². The number of hydrogen-bond donors (Lipinski definition) is 3. The van der Waals surface area contributed by atoms with Crippen molar-refractivity contribution in [2.75, 3.05) is 11.9 Å². The molecule has 1 amide bonds. The molecule has 1 saturated carbocycles. The summed E-state index contributed by atoms with van der Waals surface area (Å²) in [7, 11) is 1.60. The van der Waals surface area contributed by atoms with E-state index in [1.54, 1.807) is 19.2 Å². The number of aromatic nitrogens is 5. The molecule has 17 heteroatoms. The predicted molar refractivity (Wildman–Crippen MR) is 189 cm³/mol. The van der Waals surface area contributed by atoms with Gasteiger partial charge in [-0.15, -0.1) is 0 Å². The molecule has 2 aliphatic carbocycles. The number of alkyl halides is 4. The van der Waals surface area contributed by atoms with E-state index >= 15 is 8.78 Å². The number of nitrogens with zero attached hydrogens (tertiary/aromatic N) is 6. The van der Waals surface area contributed by atoms with Crippen LogP contribution in [0.1, 0.15) is 78.5 Å². The molecule has 55 heavy (non-hydrogen) atoms. The molecule has 284 valence electrons. The van der Waals surface area contributed by atoms with Crippen LogP contribution in [0.2, 0.25) is 5.02 Å². The summed E-state index contributed by atoms with van der Waals surface area (Å²) in [5.74, 6) is -4.97. The van der Waals surface area contributed by atoms with Crippen LogP contribution in [0.15, 0.2) is 42.5 Å². The Kier molecular flexibility index (Phi) is 9.34. The minimum Gasteiger partial charge on any atom is -0.378 e. The first-order valence-corrected chi connectivity index (χ1v) is 17.3. The van der Waals surface area contributed by atoms with Crippen molar-refractivity contribution < 1.29 is 36.2 Å². The van der Waals surface area contributed by atoms with Crippen LogP contribution in [-0.2, 0) is 24.2 Å². The number of nitrogens with one attached hydrogen (secondary N) is 1. The van der Waals surface area contributed by atoms with E-state index in [-0.39, 0.29) is 51.9 Å². The number of carbonyl (C=O) groups excluding carboxylic acids is 1. The first kappa shape index (κ1) is 37.7. The number of fused-ring (bicyclic) bond motifs is 4. The third kappa shape index (κ3) is 6.74. The number of rotatable bonds is 10. The molecule has 10 nitrogen and oxygen atoms in total. The number of nitrogens with two attached hydrogens (primary N) is 1. The Hall–Kier alpha value is -5.58. The van der Waals surface area contributed by atoms with Crippen molar-refractivity contribution in [3.8, 4) is 29.0 Å². The first-order chi connectivity index (χ1) is 25.9. The lowest BCUT2D eigenvalue weighted by molar-refractivity contribution is -0.122. The average Bonchev–Trinajstić information content (AvgIpc) is 3.62. The fourth-order valence-corrected chi connectivity index (χ4v) is 7.80. The Morgan fingerprint density at radius 3 is 2.45 bits per heavy atom. The Balaban J connectivity index is 1.55. The van der Waals surface area contributed by atoms with E-state index in [1.807, 2.05) is 6.07 Å². The fourth-order valence-electron chi connectivity index (χ4n) is 7.56. The molecule has 7 rings (SSSR count). The van der Waals surface area contributed by atoms with Gasteiger partial charge >= 0.3 is 0 Å². The van der Waals surface area contributed by atoms with Crippen LogP contribution in [0.25, 0.3) is 22.0 Å². The summed E-state index contributed by atoms with van der Waals surface area (Å²) in [6.07, 6.45) is -3.81. The zero-order chi connectivity index (χ0) is 39.7. The second kappa shape index (κ2) is 13.6. The maximum Gasteiger partial charge on any atom is 0.293 e. The monoisotopic (exact) mass is 780 g/mol. The number of benzene rings is 2. The molecule has 2 aromatic carbocycles. The quantitative estimate of drug-likeness (QED) is 0.0784. The highest BCUT2D eigenvalue weighted by atomic mass is 35.5. The number of carbonyl (C=O) groups is 1. The number of amides is 1. The van der Waals surface area contributed by atoms with E-state index in [0.29, 0.717) is 27.2 Å². The average molecular weight is 781 g/mol. The highest BCUT2D eigenvalue weighted by Crippen LogP contribution is 2.68. The SMILES string of the molecule is Cn1nc(NCC#N)c2c(Cl)ccc(-c3ccc(C#CC(C)(C)O)nc3[C@@H](Cc3cc(F)cc(F)c3)C(C(N)=O)n3nc(C(F)F)c4c3C(F)(F)[C@@H]3C[C@H]43)c21. The molecule has 4 N–H and O–H groups in total. The normalized spacial score (nSPS) is 17.9. The summed E-state index contributed by atoms with van der Waals surface area (Å²) in [5, 5.41) is 31.5. The van der Waals surface area contributed by atoms with Gasteiger partial charge < -0.3 is 16.2 Å². The van der Waals surface area contributed by atoms with Gasteiger partial charge in [-0.2, -0.15) is 24.2 Å². The van der Waals surface area contributed by atoms with Gasteiger partial charge in [0.25, 0.3) is 12.3 Å². The van der Waals surface area contributed by atoms with E-state index in [2.05, 4.69) is 27.4 Å². The van der Waals surface area contributed by atoms with Crippen LogP contribution < -0.4 is 11.1 Å². The van der Waals surface area contributed by atoms with Crippen molar-refractivity contribution in [1.29, 1.82) is 5.26 Å².